The average molecular weight is 396 g/mol. The van der Waals surface area contributed by atoms with Gasteiger partial charge in [-0.25, -0.2) is 13.1 Å². The molecule has 0 fully saturated rings. The van der Waals surface area contributed by atoms with E-state index in [0.717, 1.165) is 9.35 Å². The van der Waals surface area contributed by atoms with E-state index in [1.54, 1.807) is 6.92 Å². The van der Waals surface area contributed by atoms with Crippen molar-refractivity contribution in [3.63, 3.8) is 0 Å². The van der Waals surface area contributed by atoms with Crippen molar-refractivity contribution in [3.05, 3.63) is 43.5 Å². The van der Waals surface area contributed by atoms with Crippen molar-refractivity contribution in [2.45, 2.75) is 18.4 Å². The number of benzene rings is 1. The maximum absolute atomic E-state index is 12.2. The van der Waals surface area contributed by atoms with E-state index in [4.69, 9.17) is 17.3 Å². The minimum Gasteiger partial charge on any atom is -0.398 e. The lowest BCUT2D eigenvalue weighted by molar-refractivity contribution is 0.582. The second kappa shape index (κ2) is 6.03. The largest absolute Gasteiger partial charge is 0.398 e. The normalized spacial score (nSPS) is 11.8. The maximum atomic E-state index is 12.2. The van der Waals surface area contributed by atoms with E-state index >= 15 is 0 Å². The first-order valence-electron chi connectivity index (χ1n) is 5.58. The standard InChI is InChI=1S/C12H12BrClN2O2S2/c1-7-10(14)4-8(5-11(7)15)20(17,18)16-6-12-9(13)2-3-19-12/h2-5,16H,6,15H2,1H3. The van der Waals surface area contributed by atoms with Gasteiger partial charge in [-0.15, -0.1) is 11.3 Å². The summed E-state index contributed by atoms with van der Waals surface area (Å²) in [4.78, 5) is 0.970. The quantitative estimate of drug-likeness (QED) is 0.778. The molecule has 108 valence electrons. The van der Waals surface area contributed by atoms with Crippen molar-refractivity contribution < 1.29 is 8.42 Å². The van der Waals surface area contributed by atoms with Crippen LogP contribution in [0.3, 0.4) is 0 Å². The molecule has 0 atom stereocenters. The zero-order valence-electron chi connectivity index (χ0n) is 10.5. The van der Waals surface area contributed by atoms with Crippen molar-refractivity contribution in [2.24, 2.45) is 0 Å². The second-order valence-electron chi connectivity index (χ2n) is 4.14. The zero-order valence-corrected chi connectivity index (χ0v) is 14.5. The van der Waals surface area contributed by atoms with Gasteiger partial charge in [0.15, 0.2) is 0 Å². The number of anilines is 1. The first-order valence-corrected chi connectivity index (χ1v) is 9.12. The summed E-state index contributed by atoms with van der Waals surface area (Å²) < 4.78 is 27.8. The number of hydrogen-bond donors (Lipinski definition) is 2. The van der Waals surface area contributed by atoms with E-state index in [9.17, 15) is 8.42 Å². The highest BCUT2D eigenvalue weighted by Gasteiger charge is 2.17. The van der Waals surface area contributed by atoms with Crippen LogP contribution in [0.25, 0.3) is 0 Å². The Morgan fingerprint density at radius 1 is 1.45 bits per heavy atom. The SMILES string of the molecule is Cc1c(N)cc(S(=O)(=O)NCc2sccc2Br)cc1Cl. The third-order valence-corrected chi connectivity index (χ3v) is 6.48. The molecule has 1 aromatic heterocycles. The van der Waals surface area contributed by atoms with Crippen LogP contribution in [0.5, 0.6) is 0 Å². The summed E-state index contributed by atoms with van der Waals surface area (Å²) in [6.07, 6.45) is 0. The molecule has 2 aromatic rings. The van der Waals surface area contributed by atoms with E-state index in [2.05, 4.69) is 20.7 Å². The van der Waals surface area contributed by atoms with Crippen molar-refractivity contribution in [1.29, 1.82) is 0 Å². The predicted molar refractivity (Wildman–Crippen MR) is 86.6 cm³/mol. The van der Waals surface area contributed by atoms with Gasteiger partial charge >= 0.3 is 0 Å². The molecule has 0 unspecified atom stereocenters. The Kier molecular flexibility index (Phi) is 4.76. The van der Waals surface area contributed by atoms with Gasteiger partial charge in [0.05, 0.1) is 4.90 Å². The fraction of sp³-hybridized carbons (Fsp3) is 0.167. The number of nitrogens with one attached hydrogen (secondary N) is 1. The van der Waals surface area contributed by atoms with E-state index < -0.39 is 10.0 Å². The van der Waals surface area contributed by atoms with Crippen LogP contribution >= 0.6 is 38.9 Å². The zero-order chi connectivity index (χ0) is 14.9. The first kappa shape index (κ1) is 15.8. The maximum Gasteiger partial charge on any atom is 0.241 e. The molecule has 0 aliphatic heterocycles. The molecule has 0 saturated carbocycles. The summed E-state index contributed by atoms with van der Waals surface area (Å²) in [5, 5.41) is 2.22. The lowest BCUT2D eigenvalue weighted by atomic mass is 10.2. The van der Waals surface area contributed by atoms with Gasteiger partial charge in [0.25, 0.3) is 0 Å². The van der Waals surface area contributed by atoms with Gasteiger partial charge in [0.1, 0.15) is 0 Å². The number of nitrogen functional groups attached to an aromatic ring is 1. The summed E-state index contributed by atoms with van der Waals surface area (Å²) in [7, 11) is -3.64. The van der Waals surface area contributed by atoms with E-state index in [0.29, 0.717) is 16.3 Å². The van der Waals surface area contributed by atoms with Crippen molar-refractivity contribution in [2.75, 3.05) is 5.73 Å². The molecule has 8 heteroatoms. The first-order chi connectivity index (χ1) is 9.31. The highest BCUT2D eigenvalue weighted by atomic mass is 79.9. The van der Waals surface area contributed by atoms with Gasteiger partial charge in [0, 0.05) is 26.6 Å². The number of hydrogen-bond acceptors (Lipinski definition) is 4. The van der Waals surface area contributed by atoms with E-state index in [-0.39, 0.29) is 11.4 Å². The second-order valence-corrected chi connectivity index (χ2v) is 8.16. The van der Waals surface area contributed by atoms with Gasteiger partial charge in [0.2, 0.25) is 10.0 Å². The smallest absolute Gasteiger partial charge is 0.241 e. The number of thiophene rings is 1. The van der Waals surface area contributed by atoms with E-state index in [1.807, 2.05) is 11.4 Å². The number of rotatable bonds is 4. The molecule has 3 N–H and O–H groups in total. The molecular formula is C12H12BrClN2O2S2. The molecule has 2 rings (SSSR count). The predicted octanol–water partition coefficient (Wildman–Crippen LogP) is 3.53. The fourth-order valence-corrected chi connectivity index (χ4v) is 4.40. The molecule has 0 amide bonds. The van der Waals surface area contributed by atoms with Crippen LogP contribution in [-0.4, -0.2) is 8.42 Å². The minimum absolute atomic E-state index is 0.0679. The van der Waals surface area contributed by atoms with Crippen LogP contribution in [-0.2, 0) is 16.6 Å². The van der Waals surface area contributed by atoms with Gasteiger partial charge < -0.3 is 5.73 Å². The van der Waals surface area contributed by atoms with Gasteiger partial charge in [-0.3, -0.25) is 0 Å². The van der Waals surface area contributed by atoms with E-state index in [1.165, 1.54) is 23.5 Å². The Hall–Kier alpha value is -0.600. The van der Waals surface area contributed by atoms with Crippen LogP contribution in [0, 0.1) is 6.92 Å². The summed E-state index contributed by atoms with van der Waals surface area (Å²) in [5.74, 6) is 0. The minimum atomic E-state index is -3.64. The summed E-state index contributed by atoms with van der Waals surface area (Å²) >= 11 is 10.8. The highest BCUT2D eigenvalue weighted by molar-refractivity contribution is 9.10. The number of halogens is 2. The van der Waals surface area contributed by atoms with Crippen molar-refractivity contribution in [3.8, 4) is 0 Å². The molecular weight excluding hydrogens is 384 g/mol. The third kappa shape index (κ3) is 3.35. The lowest BCUT2D eigenvalue weighted by Gasteiger charge is -2.09. The molecule has 20 heavy (non-hydrogen) atoms. The molecule has 0 saturated heterocycles. The third-order valence-electron chi connectivity index (χ3n) is 2.78. The highest BCUT2D eigenvalue weighted by Crippen LogP contribution is 2.27. The molecule has 1 heterocycles. The van der Waals surface area contributed by atoms with Gasteiger partial charge in [-0.1, -0.05) is 11.6 Å². The van der Waals surface area contributed by atoms with Crippen LogP contribution in [0.2, 0.25) is 5.02 Å². The molecule has 0 bridgehead atoms. The monoisotopic (exact) mass is 394 g/mol. The molecule has 0 aliphatic rings. The molecule has 0 aliphatic carbocycles. The van der Waals surface area contributed by atoms with Crippen LogP contribution < -0.4 is 10.5 Å². The van der Waals surface area contributed by atoms with Crippen LogP contribution in [0.15, 0.2) is 32.9 Å². The van der Waals surface area contributed by atoms with Crippen molar-refractivity contribution >= 4 is 54.6 Å². The average Bonchev–Trinajstić information content (AvgIpc) is 2.78. The summed E-state index contributed by atoms with van der Waals surface area (Å²) in [5.41, 5.74) is 6.78. The Morgan fingerprint density at radius 2 is 2.15 bits per heavy atom. The van der Waals surface area contributed by atoms with Crippen molar-refractivity contribution in [1.82, 2.24) is 4.72 Å². The van der Waals surface area contributed by atoms with Crippen LogP contribution in [0.1, 0.15) is 10.4 Å². The summed E-state index contributed by atoms with van der Waals surface area (Å²) in [6.45, 7) is 1.95. The molecule has 4 nitrogen and oxygen atoms in total. The topological polar surface area (TPSA) is 72.2 Å². The molecule has 0 spiro atoms. The van der Waals surface area contributed by atoms with Gasteiger partial charge in [-0.2, -0.15) is 0 Å². The van der Waals surface area contributed by atoms with Crippen LogP contribution in [0.4, 0.5) is 5.69 Å². The Balaban J connectivity index is 2.25. The van der Waals surface area contributed by atoms with Gasteiger partial charge in [-0.05, 0) is 52.0 Å². The Morgan fingerprint density at radius 3 is 2.70 bits per heavy atom. The Bertz CT molecular complexity index is 721. The number of sulfonamides is 1. The lowest BCUT2D eigenvalue weighted by Crippen LogP contribution is -2.23. The fourth-order valence-electron chi connectivity index (χ4n) is 1.52. The summed E-state index contributed by atoms with van der Waals surface area (Å²) in [6, 6.07) is 4.68. The molecule has 0 radical (unpaired) electrons. The Labute approximate surface area is 135 Å². The number of nitrogens with two attached hydrogens (primary N) is 1. The molecule has 1 aromatic carbocycles.